The minimum absolute atomic E-state index is 0.163. The number of allylic oxidation sites excluding steroid dienone is 3. The highest BCUT2D eigenvalue weighted by Gasteiger charge is 2.43. The molecule has 78 valence electrons. The van der Waals surface area contributed by atoms with Crippen LogP contribution in [-0.2, 0) is 9.59 Å². The molecule has 0 unspecified atom stereocenters. The molecule has 2 rings (SSSR count). The number of halogens is 2. The zero-order valence-electron chi connectivity index (χ0n) is 8.23. The van der Waals surface area contributed by atoms with Crippen LogP contribution >= 0.6 is 23.2 Å². The topological polar surface area (TPSA) is 37.1 Å². The standard InChI is InChI=1S/C10H8Cl2NO2/c1-4-3-5-8(13(4)2)10(15)7(12)6(11)9(5)14/h3H2,1-2H3/q+1. The maximum atomic E-state index is 11.8. The molecule has 1 heterocycles. The average Bonchev–Trinajstić information content (AvgIpc) is 2.50. The lowest BCUT2D eigenvalue weighted by molar-refractivity contribution is -0.435. The number of likely N-dealkylation sites (N-methyl/N-ethyl adjacent to an activating group) is 1. The van der Waals surface area contributed by atoms with Gasteiger partial charge in [0.2, 0.25) is 5.78 Å². The number of carbonyl (C=O) groups excluding carboxylic acids is 2. The van der Waals surface area contributed by atoms with Gasteiger partial charge in [0.1, 0.15) is 17.1 Å². The third-order valence-corrected chi connectivity index (χ3v) is 3.53. The van der Waals surface area contributed by atoms with Gasteiger partial charge in [0, 0.05) is 6.92 Å². The largest absolute Gasteiger partial charge is 0.288 e. The van der Waals surface area contributed by atoms with Gasteiger partial charge in [-0.25, -0.2) is 0 Å². The van der Waals surface area contributed by atoms with Crippen LogP contribution in [-0.4, -0.2) is 28.9 Å². The van der Waals surface area contributed by atoms with Crippen molar-refractivity contribution in [3.05, 3.63) is 21.3 Å². The summed E-state index contributed by atoms with van der Waals surface area (Å²) in [4.78, 5) is 23.5. The first-order valence-electron chi connectivity index (χ1n) is 4.39. The van der Waals surface area contributed by atoms with E-state index in [0.717, 1.165) is 5.71 Å². The predicted molar refractivity (Wildman–Crippen MR) is 57.3 cm³/mol. The van der Waals surface area contributed by atoms with E-state index in [1.54, 1.807) is 11.6 Å². The lowest BCUT2D eigenvalue weighted by atomic mass is 9.98. The Morgan fingerprint density at radius 1 is 1.13 bits per heavy atom. The summed E-state index contributed by atoms with van der Waals surface area (Å²) < 4.78 is 1.70. The van der Waals surface area contributed by atoms with Crippen LogP contribution < -0.4 is 0 Å². The van der Waals surface area contributed by atoms with Crippen molar-refractivity contribution in [2.45, 2.75) is 13.3 Å². The van der Waals surface area contributed by atoms with Crippen molar-refractivity contribution in [3.8, 4) is 0 Å². The molecular formula is C10H8Cl2NO2+. The molecule has 0 spiro atoms. The maximum absolute atomic E-state index is 11.8. The van der Waals surface area contributed by atoms with Crippen molar-refractivity contribution in [2.24, 2.45) is 0 Å². The summed E-state index contributed by atoms with van der Waals surface area (Å²) in [5, 5.41) is -0.342. The number of ketones is 2. The third-order valence-electron chi connectivity index (χ3n) is 2.71. The lowest BCUT2D eigenvalue weighted by Gasteiger charge is -2.08. The molecule has 0 N–H and O–H groups in total. The number of Topliss-reactive ketones (excluding diaryl/α,β-unsaturated/α-hetero) is 2. The fourth-order valence-corrected chi connectivity index (χ4v) is 2.14. The Hall–Kier alpha value is -0.930. The van der Waals surface area contributed by atoms with Crippen LogP contribution in [0.4, 0.5) is 0 Å². The second-order valence-corrected chi connectivity index (χ2v) is 4.34. The SMILES string of the molecule is CC1=[N+](C)C2=C(C1)C(=O)C(Cl)=C(Cl)C2=O. The van der Waals surface area contributed by atoms with Gasteiger partial charge >= 0.3 is 0 Å². The van der Waals surface area contributed by atoms with Crippen molar-refractivity contribution in [3.63, 3.8) is 0 Å². The quantitative estimate of drug-likeness (QED) is 0.480. The molecule has 0 radical (unpaired) electrons. The van der Waals surface area contributed by atoms with E-state index >= 15 is 0 Å². The van der Waals surface area contributed by atoms with E-state index in [2.05, 4.69) is 0 Å². The Kier molecular flexibility index (Phi) is 2.32. The molecule has 0 aromatic rings. The van der Waals surface area contributed by atoms with E-state index in [9.17, 15) is 9.59 Å². The highest BCUT2D eigenvalue weighted by Crippen LogP contribution is 2.34. The van der Waals surface area contributed by atoms with Crippen LogP contribution in [0.15, 0.2) is 21.3 Å². The summed E-state index contributed by atoms with van der Waals surface area (Å²) in [7, 11) is 1.74. The summed E-state index contributed by atoms with van der Waals surface area (Å²) in [5.41, 5.74) is 1.76. The predicted octanol–water partition coefficient (Wildman–Crippen LogP) is 1.59. The highest BCUT2D eigenvalue weighted by molar-refractivity contribution is 6.59. The van der Waals surface area contributed by atoms with Gasteiger partial charge in [0.15, 0.2) is 5.71 Å². The molecular weight excluding hydrogens is 237 g/mol. The Balaban J connectivity index is 2.61. The van der Waals surface area contributed by atoms with E-state index < -0.39 is 0 Å². The first-order chi connectivity index (χ1) is 6.95. The summed E-state index contributed by atoms with van der Waals surface area (Å²) in [6, 6.07) is 0. The number of nitrogens with zero attached hydrogens (tertiary/aromatic N) is 1. The minimum atomic E-state index is -0.365. The number of carbonyl (C=O) groups is 2. The number of hydrogen-bond donors (Lipinski definition) is 0. The molecule has 15 heavy (non-hydrogen) atoms. The second-order valence-electron chi connectivity index (χ2n) is 3.58. The van der Waals surface area contributed by atoms with Crippen LogP contribution in [0.2, 0.25) is 0 Å². The Labute approximate surface area is 96.7 Å². The van der Waals surface area contributed by atoms with E-state index in [0.29, 0.717) is 17.7 Å². The molecule has 0 aromatic carbocycles. The molecule has 2 aliphatic rings. The highest BCUT2D eigenvalue weighted by atomic mass is 35.5. The van der Waals surface area contributed by atoms with Gasteiger partial charge in [-0.3, -0.25) is 9.59 Å². The molecule has 1 aliphatic carbocycles. The van der Waals surface area contributed by atoms with Crippen LogP contribution in [0.25, 0.3) is 0 Å². The number of hydrogen-bond acceptors (Lipinski definition) is 2. The first-order valence-corrected chi connectivity index (χ1v) is 5.14. The zero-order chi connectivity index (χ0) is 11.3. The smallest absolute Gasteiger partial charge is 0.270 e. The molecule has 3 nitrogen and oxygen atoms in total. The van der Waals surface area contributed by atoms with Gasteiger partial charge in [-0.2, -0.15) is 4.58 Å². The Bertz CT molecular complexity index is 498. The minimum Gasteiger partial charge on any atom is -0.288 e. The number of rotatable bonds is 0. The van der Waals surface area contributed by atoms with Gasteiger partial charge in [-0.15, -0.1) is 0 Å². The zero-order valence-corrected chi connectivity index (χ0v) is 9.74. The summed E-state index contributed by atoms with van der Waals surface area (Å²) in [6.45, 7) is 1.86. The fraction of sp³-hybridized carbons (Fsp3) is 0.300. The van der Waals surface area contributed by atoms with Gasteiger partial charge in [0.25, 0.3) is 11.5 Å². The first kappa shape index (κ1) is 10.6. The van der Waals surface area contributed by atoms with Crippen molar-refractivity contribution in [1.29, 1.82) is 0 Å². The van der Waals surface area contributed by atoms with E-state index in [-0.39, 0.29) is 21.6 Å². The molecule has 0 bridgehead atoms. The van der Waals surface area contributed by atoms with E-state index in [1.165, 1.54) is 0 Å². The van der Waals surface area contributed by atoms with Crippen LogP contribution in [0, 0.1) is 0 Å². The summed E-state index contributed by atoms with van der Waals surface area (Å²) in [6.07, 6.45) is 0.469. The van der Waals surface area contributed by atoms with Crippen molar-refractivity contribution >= 4 is 40.5 Å². The molecule has 1 aliphatic heterocycles. The molecule has 0 amide bonds. The van der Waals surface area contributed by atoms with Gasteiger partial charge in [0.05, 0.1) is 12.0 Å². The average molecular weight is 245 g/mol. The van der Waals surface area contributed by atoms with Crippen molar-refractivity contribution < 1.29 is 14.2 Å². The normalized spacial score (nSPS) is 21.9. The third kappa shape index (κ3) is 1.30. The molecule has 5 heteroatoms. The summed E-state index contributed by atoms with van der Waals surface area (Å²) in [5.74, 6) is -0.699. The lowest BCUT2D eigenvalue weighted by Crippen LogP contribution is -2.22. The van der Waals surface area contributed by atoms with Crippen LogP contribution in [0.1, 0.15) is 13.3 Å². The van der Waals surface area contributed by atoms with Crippen LogP contribution in [0.3, 0.4) is 0 Å². The Morgan fingerprint density at radius 2 is 1.67 bits per heavy atom. The van der Waals surface area contributed by atoms with Crippen molar-refractivity contribution in [1.82, 2.24) is 0 Å². The second kappa shape index (κ2) is 3.29. The molecule has 0 fully saturated rings. The molecule has 0 atom stereocenters. The Morgan fingerprint density at radius 3 is 2.27 bits per heavy atom. The molecule has 0 saturated carbocycles. The van der Waals surface area contributed by atoms with Gasteiger partial charge in [-0.05, 0) is 0 Å². The van der Waals surface area contributed by atoms with E-state index in [4.69, 9.17) is 23.2 Å². The van der Waals surface area contributed by atoms with Crippen molar-refractivity contribution in [2.75, 3.05) is 7.05 Å². The van der Waals surface area contributed by atoms with Crippen LogP contribution in [0.5, 0.6) is 0 Å². The van der Waals surface area contributed by atoms with Gasteiger partial charge in [-0.1, -0.05) is 23.2 Å². The van der Waals surface area contributed by atoms with E-state index in [1.807, 2.05) is 6.92 Å². The summed E-state index contributed by atoms with van der Waals surface area (Å²) >= 11 is 11.4. The molecule has 0 aromatic heterocycles. The molecule has 0 saturated heterocycles. The maximum Gasteiger partial charge on any atom is 0.270 e. The monoisotopic (exact) mass is 244 g/mol. The fourth-order valence-electron chi connectivity index (χ4n) is 1.76. The van der Waals surface area contributed by atoms with Gasteiger partial charge < -0.3 is 0 Å².